The van der Waals surface area contributed by atoms with E-state index in [2.05, 4.69) is 5.32 Å². The Kier molecular flexibility index (Phi) is 5.21. The van der Waals surface area contributed by atoms with Gasteiger partial charge in [-0.25, -0.2) is 0 Å². The molecule has 0 unspecified atom stereocenters. The average Bonchev–Trinajstić information content (AvgIpc) is 3.50. The molecular weight excluding hydrogens is 322 g/mol. The highest BCUT2D eigenvalue weighted by Gasteiger charge is 2.35. The highest BCUT2D eigenvalue weighted by atomic mass is 16.5. The van der Waals surface area contributed by atoms with Crippen molar-refractivity contribution in [3.8, 4) is 5.75 Å². The molecule has 1 N–H and O–H groups in total. The molecular formula is C18H23N3O4. The highest BCUT2D eigenvalue weighted by molar-refractivity contribution is 5.94. The van der Waals surface area contributed by atoms with E-state index in [1.807, 2.05) is 4.90 Å². The van der Waals surface area contributed by atoms with Gasteiger partial charge < -0.3 is 19.9 Å². The van der Waals surface area contributed by atoms with Crippen LogP contribution in [0, 0.1) is 5.92 Å². The Morgan fingerprint density at radius 3 is 2.44 bits per heavy atom. The maximum atomic E-state index is 12.3. The van der Waals surface area contributed by atoms with Crippen molar-refractivity contribution in [1.82, 2.24) is 15.1 Å². The van der Waals surface area contributed by atoms with Gasteiger partial charge in [-0.3, -0.25) is 14.4 Å². The number of amides is 3. The van der Waals surface area contributed by atoms with Crippen LogP contribution in [0.25, 0.3) is 0 Å². The van der Waals surface area contributed by atoms with Crippen molar-refractivity contribution < 1.29 is 19.1 Å². The minimum atomic E-state index is -0.201. The third-order valence-corrected chi connectivity index (χ3v) is 4.56. The van der Waals surface area contributed by atoms with E-state index in [0.717, 1.165) is 12.8 Å². The molecule has 134 valence electrons. The fraction of sp³-hybridized carbons (Fsp3) is 0.500. The van der Waals surface area contributed by atoms with Crippen LogP contribution in [-0.4, -0.2) is 67.4 Å². The molecule has 7 nitrogen and oxygen atoms in total. The van der Waals surface area contributed by atoms with Gasteiger partial charge in [0.05, 0.1) is 0 Å². The molecule has 1 aliphatic carbocycles. The van der Waals surface area contributed by atoms with Crippen LogP contribution >= 0.6 is 0 Å². The SMILES string of the molecule is CNC(=O)c1cccc(OCC(=O)N2CCN(C(=O)C3CC3)CC2)c1. The molecule has 0 spiro atoms. The summed E-state index contributed by atoms with van der Waals surface area (Å²) in [5, 5.41) is 2.55. The maximum Gasteiger partial charge on any atom is 0.260 e. The minimum Gasteiger partial charge on any atom is -0.484 e. The lowest BCUT2D eigenvalue weighted by Gasteiger charge is -2.34. The van der Waals surface area contributed by atoms with Crippen LogP contribution in [0.1, 0.15) is 23.2 Å². The Labute approximate surface area is 146 Å². The van der Waals surface area contributed by atoms with Crippen LogP contribution in [0.4, 0.5) is 0 Å². The van der Waals surface area contributed by atoms with E-state index < -0.39 is 0 Å². The van der Waals surface area contributed by atoms with Crippen molar-refractivity contribution in [2.24, 2.45) is 5.92 Å². The van der Waals surface area contributed by atoms with Crippen LogP contribution in [-0.2, 0) is 9.59 Å². The van der Waals surface area contributed by atoms with Crippen molar-refractivity contribution in [3.63, 3.8) is 0 Å². The Balaban J connectivity index is 1.47. The third kappa shape index (κ3) is 4.29. The molecule has 0 aromatic heterocycles. The molecule has 25 heavy (non-hydrogen) atoms. The summed E-state index contributed by atoms with van der Waals surface area (Å²) in [5.41, 5.74) is 0.486. The Bertz CT molecular complexity index is 664. The molecule has 0 atom stereocenters. The average molecular weight is 345 g/mol. The number of hydrogen-bond donors (Lipinski definition) is 1. The minimum absolute atomic E-state index is 0.0756. The molecule has 3 amide bonds. The first-order valence-corrected chi connectivity index (χ1v) is 8.60. The molecule has 7 heteroatoms. The Morgan fingerprint density at radius 2 is 1.80 bits per heavy atom. The first-order chi connectivity index (χ1) is 12.1. The van der Waals surface area contributed by atoms with Crippen LogP contribution in [0.15, 0.2) is 24.3 Å². The summed E-state index contributed by atoms with van der Waals surface area (Å²) in [6.45, 7) is 2.19. The van der Waals surface area contributed by atoms with Crippen molar-refractivity contribution in [1.29, 1.82) is 0 Å². The number of benzene rings is 1. The molecule has 2 fully saturated rings. The van der Waals surface area contributed by atoms with Gasteiger partial charge in [-0.2, -0.15) is 0 Å². The van der Waals surface area contributed by atoms with Gasteiger partial charge in [0, 0.05) is 44.7 Å². The predicted octanol–water partition coefficient (Wildman–Crippen LogP) is 0.506. The van der Waals surface area contributed by atoms with E-state index in [9.17, 15) is 14.4 Å². The number of ether oxygens (including phenoxy) is 1. The van der Waals surface area contributed by atoms with Gasteiger partial charge in [-0.1, -0.05) is 6.07 Å². The van der Waals surface area contributed by atoms with Gasteiger partial charge in [-0.05, 0) is 31.0 Å². The standard InChI is InChI=1S/C18H23N3O4/c1-19-17(23)14-3-2-4-15(11-14)25-12-16(22)20-7-9-21(10-8-20)18(24)13-5-6-13/h2-4,11,13H,5-10,12H2,1H3,(H,19,23). The van der Waals surface area contributed by atoms with Crippen molar-refractivity contribution in [2.45, 2.75) is 12.8 Å². The number of hydrogen-bond acceptors (Lipinski definition) is 4. The lowest BCUT2D eigenvalue weighted by Crippen LogP contribution is -2.52. The fourth-order valence-electron chi connectivity index (χ4n) is 2.87. The smallest absolute Gasteiger partial charge is 0.260 e. The van der Waals surface area contributed by atoms with Gasteiger partial charge in [0.1, 0.15) is 5.75 Å². The number of rotatable bonds is 5. The number of nitrogens with one attached hydrogen (secondary N) is 1. The normalized spacial score (nSPS) is 17.2. The van der Waals surface area contributed by atoms with Crippen LogP contribution in [0.3, 0.4) is 0 Å². The van der Waals surface area contributed by atoms with E-state index in [-0.39, 0.29) is 30.2 Å². The number of carbonyl (C=O) groups is 3. The summed E-state index contributed by atoms with van der Waals surface area (Å²) in [7, 11) is 1.56. The third-order valence-electron chi connectivity index (χ3n) is 4.56. The van der Waals surface area contributed by atoms with Crippen LogP contribution in [0.5, 0.6) is 5.75 Å². The van der Waals surface area contributed by atoms with Crippen molar-refractivity contribution >= 4 is 17.7 Å². The number of piperazine rings is 1. The monoisotopic (exact) mass is 345 g/mol. The summed E-state index contributed by atoms with van der Waals surface area (Å²) >= 11 is 0. The van der Waals surface area contributed by atoms with Gasteiger partial charge in [-0.15, -0.1) is 0 Å². The van der Waals surface area contributed by atoms with Gasteiger partial charge in [0.2, 0.25) is 5.91 Å². The lowest BCUT2D eigenvalue weighted by molar-refractivity contribution is -0.141. The first kappa shape index (κ1) is 17.3. The van der Waals surface area contributed by atoms with Crippen molar-refractivity contribution in [2.75, 3.05) is 39.8 Å². The largest absolute Gasteiger partial charge is 0.484 e. The lowest BCUT2D eigenvalue weighted by atomic mass is 10.2. The molecule has 3 rings (SSSR count). The van der Waals surface area contributed by atoms with Gasteiger partial charge in [0.25, 0.3) is 11.8 Å². The topological polar surface area (TPSA) is 79.0 Å². The molecule has 1 saturated carbocycles. The fourth-order valence-corrected chi connectivity index (χ4v) is 2.87. The number of carbonyl (C=O) groups excluding carboxylic acids is 3. The zero-order chi connectivity index (χ0) is 17.8. The number of nitrogens with zero attached hydrogens (tertiary/aromatic N) is 2. The summed E-state index contributed by atoms with van der Waals surface area (Å²) in [4.78, 5) is 39.5. The molecule has 1 heterocycles. The molecule has 0 bridgehead atoms. The quantitative estimate of drug-likeness (QED) is 0.843. The Morgan fingerprint density at radius 1 is 1.12 bits per heavy atom. The molecule has 1 aromatic carbocycles. The molecule has 1 aliphatic heterocycles. The molecule has 1 aromatic rings. The molecule has 1 saturated heterocycles. The summed E-state index contributed by atoms with van der Waals surface area (Å²) < 4.78 is 5.53. The van der Waals surface area contributed by atoms with Gasteiger partial charge in [0.15, 0.2) is 6.61 Å². The second-order valence-electron chi connectivity index (χ2n) is 6.38. The van der Waals surface area contributed by atoms with Crippen LogP contribution < -0.4 is 10.1 Å². The van der Waals surface area contributed by atoms with Crippen molar-refractivity contribution in [3.05, 3.63) is 29.8 Å². The van der Waals surface area contributed by atoms with E-state index in [0.29, 0.717) is 37.5 Å². The second-order valence-corrected chi connectivity index (χ2v) is 6.38. The summed E-state index contributed by atoms with van der Waals surface area (Å²) in [6, 6.07) is 6.72. The van der Waals surface area contributed by atoms with Crippen LogP contribution in [0.2, 0.25) is 0 Å². The molecule has 0 radical (unpaired) electrons. The predicted molar refractivity (Wildman–Crippen MR) is 91.2 cm³/mol. The first-order valence-electron chi connectivity index (χ1n) is 8.60. The van der Waals surface area contributed by atoms with E-state index >= 15 is 0 Å². The molecule has 2 aliphatic rings. The second kappa shape index (κ2) is 7.55. The zero-order valence-corrected chi connectivity index (χ0v) is 14.4. The van der Waals surface area contributed by atoms with E-state index in [4.69, 9.17) is 4.74 Å². The van der Waals surface area contributed by atoms with Gasteiger partial charge >= 0.3 is 0 Å². The van der Waals surface area contributed by atoms with E-state index in [1.54, 1.807) is 36.2 Å². The highest BCUT2D eigenvalue weighted by Crippen LogP contribution is 2.31. The zero-order valence-electron chi connectivity index (χ0n) is 14.4. The Hall–Kier alpha value is -2.57. The maximum absolute atomic E-state index is 12.3. The summed E-state index contributed by atoms with van der Waals surface area (Å²) in [5.74, 6) is 0.627. The van der Waals surface area contributed by atoms with E-state index in [1.165, 1.54) is 0 Å². The summed E-state index contributed by atoms with van der Waals surface area (Å²) in [6.07, 6.45) is 2.00.